The Balaban J connectivity index is 1.61. The molecule has 0 aliphatic heterocycles. The van der Waals surface area contributed by atoms with E-state index in [9.17, 15) is 4.79 Å². The zero-order valence-corrected chi connectivity index (χ0v) is 14.7. The maximum atomic E-state index is 12.2. The summed E-state index contributed by atoms with van der Waals surface area (Å²) in [4.78, 5) is 13.0. The summed E-state index contributed by atoms with van der Waals surface area (Å²) in [6.07, 6.45) is 4.88. The third kappa shape index (κ3) is 4.19. The largest absolute Gasteiger partial charge is 0.423 e. The van der Waals surface area contributed by atoms with Crippen molar-refractivity contribution in [1.29, 1.82) is 0 Å². The molecule has 0 bridgehead atoms. The van der Waals surface area contributed by atoms with Gasteiger partial charge in [0, 0.05) is 12.0 Å². The fourth-order valence-electron chi connectivity index (χ4n) is 3.20. The van der Waals surface area contributed by atoms with Gasteiger partial charge in [0.1, 0.15) is 5.75 Å². The molecule has 3 rings (SSSR count). The Morgan fingerprint density at radius 1 is 0.958 bits per heavy atom. The Kier molecular flexibility index (Phi) is 5.59. The minimum absolute atomic E-state index is 0.337. The van der Waals surface area contributed by atoms with Crippen molar-refractivity contribution in [3.63, 3.8) is 0 Å². The topological polar surface area (TPSA) is 35.5 Å². The summed E-state index contributed by atoms with van der Waals surface area (Å²) in [6, 6.07) is 14.9. The Labute approximate surface area is 148 Å². The van der Waals surface area contributed by atoms with Crippen LogP contribution in [-0.2, 0) is 4.74 Å². The fraction of sp³-hybridized carbons (Fsp3) is 0.350. The van der Waals surface area contributed by atoms with Gasteiger partial charge in [0.25, 0.3) is 0 Å². The van der Waals surface area contributed by atoms with Gasteiger partial charge in [-0.15, -0.1) is 12.6 Å². The monoisotopic (exact) mass is 342 g/mol. The van der Waals surface area contributed by atoms with E-state index in [4.69, 9.17) is 9.47 Å². The number of thiol groups is 1. The minimum Gasteiger partial charge on any atom is -0.423 e. The van der Waals surface area contributed by atoms with Crippen LogP contribution in [-0.4, -0.2) is 19.2 Å². The van der Waals surface area contributed by atoms with Crippen LogP contribution in [0, 0.1) is 0 Å². The van der Waals surface area contributed by atoms with Crippen LogP contribution in [0.15, 0.2) is 53.4 Å². The standard InChI is InChI=1S/C20H22O3S/c1-22-17-8-6-15(7-9-17)14-2-4-16(5-3-14)20(21)23-18-10-12-19(24)13-11-18/h2-5,10-13,15,17,24H,6-9H2,1H3. The molecular formula is C20H22O3S. The van der Waals surface area contributed by atoms with Gasteiger partial charge in [-0.25, -0.2) is 4.79 Å². The maximum Gasteiger partial charge on any atom is 0.343 e. The quantitative estimate of drug-likeness (QED) is 0.489. The summed E-state index contributed by atoms with van der Waals surface area (Å²) < 4.78 is 10.8. The molecule has 0 spiro atoms. The second-order valence-electron chi connectivity index (χ2n) is 6.21. The number of esters is 1. The first-order valence-electron chi connectivity index (χ1n) is 8.29. The zero-order valence-electron chi connectivity index (χ0n) is 13.8. The summed E-state index contributed by atoms with van der Waals surface area (Å²) in [5.74, 6) is 0.751. The minimum atomic E-state index is -0.337. The first kappa shape index (κ1) is 17.1. The second kappa shape index (κ2) is 7.86. The number of carbonyl (C=O) groups is 1. The predicted octanol–water partition coefficient (Wildman–Crippen LogP) is 4.87. The smallest absolute Gasteiger partial charge is 0.343 e. The third-order valence-corrected chi connectivity index (χ3v) is 4.97. The molecule has 2 aromatic carbocycles. The Bertz CT molecular complexity index is 671. The van der Waals surface area contributed by atoms with Crippen LogP contribution in [0.4, 0.5) is 0 Å². The number of carbonyl (C=O) groups excluding carboxylic acids is 1. The van der Waals surface area contributed by atoms with Crippen molar-refractivity contribution >= 4 is 18.6 Å². The molecule has 1 aliphatic carbocycles. The van der Waals surface area contributed by atoms with Crippen LogP contribution in [0.2, 0.25) is 0 Å². The highest BCUT2D eigenvalue weighted by Gasteiger charge is 2.22. The molecule has 0 radical (unpaired) electrons. The molecule has 2 aromatic rings. The van der Waals surface area contributed by atoms with Crippen LogP contribution in [0.1, 0.15) is 47.5 Å². The van der Waals surface area contributed by atoms with Gasteiger partial charge in [0.15, 0.2) is 0 Å². The number of benzene rings is 2. The van der Waals surface area contributed by atoms with Crippen LogP contribution in [0.25, 0.3) is 0 Å². The lowest BCUT2D eigenvalue weighted by molar-refractivity contribution is 0.0659. The molecular weight excluding hydrogens is 320 g/mol. The number of hydrogen-bond donors (Lipinski definition) is 1. The van der Waals surface area contributed by atoms with E-state index in [1.165, 1.54) is 5.56 Å². The number of rotatable bonds is 4. The van der Waals surface area contributed by atoms with E-state index in [2.05, 4.69) is 12.6 Å². The molecule has 1 saturated carbocycles. The molecule has 3 nitrogen and oxygen atoms in total. The first-order chi connectivity index (χ1) is 11.7. The lowest BCUT2D eigenvalue weighted by atomic mass is 9.82. The van der Waals surface area contributed by atoms with Crippen molar-refractivity contribution < 1.29 is 14.3 Å². The van der Waals surface area contributed by atoms with Crippen molar-refractivity contribution in [2.45, 2.75) is 42.6 Å². The molecule has 126 valence electrons. The SMILES string of the molecule is COC1CCC(c2ccc(C(=O)Oc3ccc(S)cc3)cc2)CC1. The van der Waals surface area contributed by atoms with Gasteiger partial charge in [0.2, 0.25) is 0 Å². The lowest BCUT2D eigenvalue weighted by Crippen LogP contribution is -2.19. The Morgan fingerprint density at radius 3 is 2.17 bits per heavy atom. The van der Waals surface area contributed by atoms with Gasteiger partial charge >= 0.3 is 5.97 Å². The number of hydrogen-bond acceptors (Lipinski definition) is 4. The van der Waals surface area contributed by atoms with E-state index in [0.29, 0.717) is 23.3 Å². The molecule has 0 aromatic heterocycles. The summed E-state index contributed by atoms with van der Waals surface area (Å²) in [5.41, 5.74) is 1.86. The van der Waals surface area contributed by atoms with Gasteiger partial charge in [-0.2, -0.15) is 0 Å². The summed E-state index contributed by atoms with van der Waals surface area (Å²) in [5, 5.41) is 0. The van der Waals surface area contributed by atoms with Crippen LogP contribution >= 0.6 is 12.6 Å². The van der Waals surface area contributed by atoms with Crippen LogP contribution in [0.5, 0.6) is 5.75 Å². The van der Waals surface area contributed by atoms with E-state index in [-0.39, 0.29) is 5.97 Å². The van der Waals surface area contributed by atoms with Crippen LogP contribution < -0.4 is 4.74 Å². The average Bonchev–Trinajstić information content (AvgIpc) is 2.64. The van der Waals surface area contributed by atoms with E-state index in [0.717, 1.165) is 30.6 Å². The van der Waals surface area contributed by atoms with Gasteiger partial charge in [-0.1, -0.05) is 12.1 Å². The van der Waals surface area contributed by atoms with Crippen LogP contribution in [0.3, 0.4) is 0 Å². The molecule has 0 unspecified atom stereocenters. The molecule has 0 atom stereocenters. The van der Waals surface area contributed by atoms with E-state index >= 15 is 0 Å². The van der Waals surface area contributed by atoms with Gasteiger partial charge in [-0.05, 0) is 73.6 Å². The number of methoxy groups -OCH3 is 1. The molecule has 1 fully saturated rings. The van der Waals surface area contributed by atoms with Gasteiger partial charge in [0.05, 0.1) is 11.7 Å². The van der Waals surface area contributed by atoms with E-state index in [1.807, 2.05) is 24.3 Å². The zero-order chi connectivity index (χ0) is 16.9. The summed E-state index contributed by atoms with van der Waals surface area (Å²) in [7, 11) is 1.79. The summed E-state index contributed by atoms with van der Waals surface area (Å²) >= 11 is 4.22. The average molecular weight is 342 g/mol. The van der Waals surface area contributed by atoms with E-state index in [1.54, 1.807) is 31.4 Å². The van der Waals surface area contributed by atoms with Crippen molar-refractivity contribution in [2.24, 2.45) is 0 Å². The van der Waals surface area contributed by atoms with Gasteiger partial charge in [-0.3, -0.25) is 0 Å². The maximum absolute atomic E-state index is 12.2. The lowest BCUT2D eigenvalue weighted by Gasteiger charge is -2.27. The van der Waals surface area contributed by atoms with Gasteiger partial charge < -0.3 is 9.47 Å². The molecule has 4 heteroatoms. The normalized spacial score (nSPS) is 20.6. The summed E-state index contributed by atoms with van der Waals surface area (Å²) in [6.45, 7) is 0. The first-order valence-corrected chi connectivity index (χ1v) is 8.74. The highest BCUT2D eigenvalue weighted by Crippen LogP contribution is 2.33. The van der Waals surface area contributed by atoms with Crippen molar-refractivity contribution in [2.75, 3.05) is 7.11 Å². The van der Waals surface area contributed by atoms with Crippen molar-refractivity contribution in [1.82, 2.24) is 0 Å². The molecule has 0 amide bonds. The van der Waals surface area contributed by atoms with Crippen molar-refractivity contribution in [3.05, 3.63) is 59.7 Å². The molecule has 0 N–H and O–H groups in total. The highest BCUT2D eigenvalue weighted by atomic mass is 32.1. The molecule has 0 saturated heterocycles. The second-order valence-corrected chi connectivity index (χ2v) is 6.73. The number of ether oxygens (including phenoxy) is 2. The van der Waals surface area contributed by atoms with E-state index < -0.39 is 0 Å². The molecule has 0 heterocycles. The Hall–Kier alpha value is -1.78. The predicted molar refractivity (Wildman–Crippen MR) is 97.1 cm³/mol. The van der Waals surface area contributed by atoms with Crippen molar-refractivity contribution in [3.8, 4) is 5.75 Å². The highest BCUT2D eigenvalue weighted by molar-refractivity contribution is 7.80. The molecule has 1 aliphatic rings. The Morgan fingerprint density at radius 2 is 1.58 bits per heavy atom. The fourth-order valence-corrected chi connectivity index (χ4v) is 3.35. The molecule has 24 heavy (non-hydrogen) atoms. The third-order valence-electron chi connectivity index (χ3n) is 4.67.